The van der Waals surface area contributed by atoms with Crippen LogP contribution in [0, 0.1) is 0 Å². The fourth-order valence-corrected chi connectivity index (χ4v) is 6.11. The number of benzene rings is 4. The van der Waals surface area contributed by atoms with Crippen LogP contribution in [0.1, 0.15) is 61.1 Å². The summed E-state index contributed by atoms with van der Waals surface area (Å²) in [5, 5.41) is 9.32. The van der Waals surface area contributed by atoms with Gasteiger partial charge in [-0.25, -0.2) is 0 Å². The van der Waals surface area contributed by atoms with Gasteiger partial charge in [-0.15, -0.1) is 0 Å². The van der Waals surface area contributed by atoms with E-state index in [2.05, 4.69) is 98.2 Å². The van der Waals surface area contributed by atoms with E-state index in [1.54, 1.807) is 0 Å². The summed E-state index contributed by atoms with van der Waals surface area (Å²) < 4.78 is 10.5. The van der Waals surface area contributed by atoms with E-state index < -0.39 is 5.97 Å². The maximum absolute atomic E-state index is 12.4. The fourth-order valence-electron chi connectivity index (χ4n) is 6.11. The van der Waals surface area contributed by atoms with E-state index in [0.29, 0.717) is 13.2 Å². The van der Waals surface area contributed by atoms with E-state index in [1.807, 2.05) is 48.5 Å². The largest absolute Gasteiger partial charge is 0.481 e. The van der Waals surface area contributed by atoms with Gasteiger partial charge in [0.1, 0.15) is 12.7 Å². The molecule has 1 unspecified atom stereocenters. The second-order valence-corrected chi connectivity index (χ2v) is 12.4. The lowest BCUT2D eigenvalue weighted by molar-refractivity contribution is -0.143. The second kappa shape index (κ2) is 17.5. The Kier molecular flexibility index (Phi) is 12.6. The number of hydrogen-bond donors (Lipinski definition) is 1. The molecule has 1 atom stereocenters. The molecule has 0 bridgehead atoms. The minimum Gasteiger partial charge on any atom is -0.481 e. The number of epoxide rings is 1. The summed E-state index contributed by atoms with van der Waals surface area (Å²) in [7, 11) is 0. The summed E-state index contributed by atoms with van der Waals surface area (Å²) in [4.78, 5) is 28.4. The third-order valence-corrected chi connectivity index (χ3v) is 9.10. The molecule has 260 valence electrons. The molecule has 0 amide bonds. The van der Waals surface area contributed by atoms with E-state index in [0.717, 1.165) is 70.7 Å². The first-order valence-electron chi connectivity index (χ1n) is 17.6. The molecule has 0 radical (unpaired) electrons. The number of anilines is 2. The van der Waals surface area contributed by atoms with Crippen LogP contribution >= 0.6 is 0 Å². The van der Waals surface area contributed by atoms with Crippen molar-refractivity contribution in [3.05, 3.63) is 143 Å². The Labute approximate surface area is 296 Å². The van der Waals surface area contributed by atoms with E-state index in [1.165, 1.54) is 11.4 Å². The normalized spacial score (nSPS) is 13.8. The highest BCUT2D eigenvalue weighted by atomic mass is 16.6. The third kappa shape index (κ3) is 9.73. The van der Waals surface area contributed by atoms with Crippen LogP contribution in [0.15, 0.2) is 109 Å². The van der Waals surface area contributed by atoms with Crippen molar-refractivity contribution in [2.75, 3.05) is 49.2 Å². The average Bonchev–Trinajstić information content (AvgIpc) is 3.97. The van der Waals surface area contributed by atoms with Gasteiger partial charge in [0.05, 0.1) is 19.4 Å². The van der Waals surface area contributed by atoms with Crippen LogP contribution in [0.3, 0.4) is 0 Å². The summed E-state index contributed by atoms with van der Waals surface area (Å²) in [5.41, 5.74) is 10.2. The zero-order valence-corrected chi connectivity index (χ0v) is 29.6. The van der Waals surface area contributed by atoms with E-state index >= 15 is 0 Å². The first-order valence-corrected chi connectivity index (χ1v) is 17.6. The van der Waals surface area contributed by atoms with Gasteiger partial charge in [0, 0.05) is 37.6 Å². The number of rotatable bonds is 17. The quantitative estimate of drug-likeness (QED) is 0.0691. The highest BCUT2D eigenvalue weighted by Gasteiger charge is 2.24. The van der Waals surface area contributed by atoms with Crippen LogP contribution in [0.25, 0.3) is 11.1 Å². The summed E-state index contributed by atoms with van der Waals surface area (Å²) in [6.45, 7) is 13.4. The molecule has 1 N–H and O–H groups in total. The lowest BCUT2D eigenvalue weighted by Crippen LogP contribution is -2.21. The number of nitrogens with zero attached hydrogens (tertiary/aromatic N) is 2. The molecule has 1 aliphatic heterocycles. The van der Waals surface area contributed by atoms with Crippen molar-refractivity contribution in [1.82, 2.24) is 0 Å². The van der Waals surface area contributed by atoms with Crippen molar-refractivity contribution in [2.45, 2.75) is 46.6 Å². The van der Waals surface area contributed by atoms with Gasteiger partial charge < -0.3 is 24.4 Å². The third-order valence-electron chi connectivity index (χ3n) is 9.10. The van der Waals surface area contributed by atoms with Crippen molar-refractivity contribution < 1.29 is 24.2 Å². The standard InChI is InChI=1S/C43H48N2O5/c1-5-44(6-2)37-21-17-35(18-22-37)41(36-19-23-38(24-20-36)45(7-3)8-4)26-25-40(33-13-9-31(10-14-33)27-42(46)47)34-15-11-32(12-16-34)28-43(48)50-30-39-29-49-39/h9-26,39H,5-8,27-30H2,1-4H3,(H,46,47). The lowest BCUT2D eigenvalue weighted by Gasteiger charge is -2.22. The van der Waals surface area contributed by atoms with Crippen LogP contribution in [-0.4, -0.2) is 62.5 Å². The zero-order valence-electron chi connectivity index (χ0n) is 29.6. The van der Waals surface area contributed by atoms with Crippen molar-refractivity contribution >= 4 is 34.5 Å². The molecule has 1 heterocycles. The number of carboxylic acid groups (broad SMARTS) is 1. The monoisotopic (exact) mass is 672 g/mol. The molecular weight excluding hydrogens is 624 g/mol. The maximum atomic E-state index is 12.4. The predicted molar refractivity (Wildman–Crippen MR) is 203 cm³/mol. The van der Waals surface area contributed by atoms with Gasteiger partial charge in [0.2, 0.25) is 0 Å². The first kappa shape index (κ1) is 36.1. The number of ether oxygens (including phenoxy) is 2. The minimum atomic E-state index is -0.862. The minimum absolute atomic E-state index is 0.0337. The lowest BCUT2D eigenvalue weighted by atomic mass is 9.92. The molecular formula is C43H48N2O5. The van der Waals surface area contributed by atoms with Gasteiger partial charge in [-0.1, -0.05) is 84.9 Å². The Morgan fingerprint density at radius 1 is 0.640 bits per heavy atom. The van der Waals surface area contributed by atoms with Gasteiger partial charge in [-0.05, 0) is 96.5 Å². The summed E-state index contributed by atoms with van der Waals surface area (Å²) in [6.07, 6.45) is 4.50. The van der Waals surface area contributed by atoms with Gasteiger partial charge >= 0.3 is 11.9 Å². The zero-order chi connectivity index (χ0) is 35.5. The molecule has 7 nitrogen and oxygen atoms in total. The molecule has 5 rings (SSSR count). The van der Waals surface area contributed by atoms with Crippen LogP contribution in [0.4, 0.5) is 11.4 Å². The van der Waals surface area contributed by atoms with Crippen molar-refractivity contribution in [3.8, 4) is 0 Å². The number of carbonyl (C=O) groups is 2. The van der Waals surface area contributed by atoms with E-state index in [9.17, 15) is 14.7 Å². The molecule has 50 heavy (non-hydrogen) atoms. The molecule has 0 saturated carbocycles. The highest BCUT2D eigenvalue weighted by Crippen LogP contribution is 2.31. The van der Waals surface area contributed by atoms with Crippen molar-refractivity contribution in [1.29, 1.82) is 0 Å². The Morgan fingerprint density at radius 3 is 1.34 bits per heavy atom. The summed E-state index contributed by atoms with van der Waals surface area (Å²) in [5.74, 6) is -1.14. The van der Waals surface area contributed by atoms with Crippen LogP contribution in [-0.2, 0) is 31.9 Å². The maximum Gasteiger partial charge on any atom is 0.310 e. The van der Waals surface area contributed by atoms with Gasteiger partial charge in [0.15, 0.2) is 0 Å². The van der Waals surface area contributed by atoms with Crippen LogP contribution < -0.4 is 9.80 Å². The molecule has 1 saturated heterocycles. The Balaban J connectivity index is 1.55. The summed E-state index contributed by atoms with van der Waals surface area (Å²) in [6, 6.07) is 33.2. The number of hydrogen-bond acceptors (Lipinski definition) is 6. The Bertz CT molecular complexity index is 1710. The summed E-state index contributed by atoms with van der Waals surface area (Å²) >= 11 is 0. The fraction of sp³-hybridized carbons (Fsp3) is 0.302. The van der Waals surface area contributed by atoms with E-state index in [4.69, 9.17) is 9.47 Å². The molecule has 4 aromatic carbocycles. The molecule has 4 aromatic rings. The van der Waals surface area contributed by atoms with Crippen molar-refractivity contribution in [2.24, 2.45) is 0 Å². The molecule has 0 aromatic heterocycles. The molecule has 1 aliphatic rings. The van der Waals surface area contributed by atoms with Crippen LogP contribution in [0.2, 0.25) is 0 Å². The first-order chi connectivity index (χ1) is 24.3. The Hall–Kier alpha value is -5.14. The highest BCUT2D eigenvalue weighted by molar-refractivity contribution is 5.87. The molecule has 0 spiro atoms. The number of carboxylic acids is 1. The average molecular weight is 673 g/mol. The SMILES string of the molecule is CCN(CC)c1ccc(C(=CC=C(c2ccc(CC(=O)O)cc2)c2ccc(CC(=O)OCC3CO3)cc2)c2ccc(N(CC)CC)cc2)cc1. The van der Waals surface area contributed by atoms with E-state index in [-0.39, 0.29) is 24.9 Å². The van der Waals surface area contributed by atoms with Crippen LogP contribution in [0.5, 0.6) is 0 Å². The number of allylic oxidation sites excluding steroid dienone is 2. The molecule has 7 heteroatoms. The number of esters is 1. The second-order valence-electron chi connectivity index (χ2n) is 12.4. The smallest absolute Gasteiger partial charge is 0.310 e. The number of aliphatic carboxylic acids is 1. The topological polar surface area (TPSA) is 82.6 Å². The predicted octanol–water partition coefficient (Wildman–Crippen LogP) is 8.05. The molecule has 0 aliphatic carbocycles. The van der Waals surface area contributed by atoms with Crippen molar-refractivity contribution in [3.63, 3.8) is 0 Å². The van der Waals surface area contributed by atoms with Gasteiger partial charge in [-0.2, -0.15) is 0 Å². The van der Waals surface area contributed by atoms with Gasteiger partial charge in [-0.3, -0.25) is 9.59 Å². The van der Waals surface area contributed by atoms with Gasteiger partial charge in [0.25, 0.3) is 0 Å². The molecule has 1 fully saturated rings. The number of carbonyl (C=O) groups excluding carboxylic acids is 1. The Morgan fingerprint density at radius 2 is 1.00 bits per heavy atom.